The van der Waals surface area contributed by atoms with Crippen molar-refractivity contribution in [3.05, 3.63) is 35.7 Å². The van der Waals surface area contributed by atoms with Crippen molar-refractivity contribution < 1.29 is 0 Å². The second-order valence-electron chi connectivity index (χ2n) is 3.72. The predicted molar refractivity (Wildman–Crippen MR) is 65.8 cm³/mol. The van der Waals surface area contributed by atoms with Crippen LogP contribution in [0.15, 0.2) is 24.5 Å². The quantitative estimate of drug-likeness (QED) is 0.746. The van der Waals surface area contributed by atoms with Crippen LogP contribution in [0, 0.1) is 6.92 Å². The van der Waals surface area contributed by atoms with Crippen molar-refractivity contribution in [2.75, 3.05) is 13.1 Å². The molecule has 0 saturated carbocycles. The fourth-order valence-corrected chi connectivity index (χ4v) is 1.55. The molecular weight excluding hydrogens is 184 g/mol. The molecule has 1 rings (SSSR count). The SMILES string of the molecule is CCNCCC=C(C)c1cnccc1C. The van der Waals surface area contributed by atoms with E-state index in [1.54, 1.807) is 0 Å². The Bertz CT molecular complexity index is 329. The lowest BCUT2D eigenvalue weighted by atomic mass is 10.0. The normalized spacial score (nSPS) is 11.8. The standard InChI is InChI=1S/C13H20N2/c1-4-14-8-5-6-11(2)13-10-15-9-7-12(13)3/h6-7,9-10,14H,4-5,8H2,1-3H3. The molecule has 0 saturated heterocycles. The Kier molecular flexibility index (Phi) is 5.05. The maximum Gasteiger partial charge on any atom is 0.0345 e. The van der Waals surface area contributed by atoms with Gasteiger partial charge in [-0.05, 0) is 56.1 Å². The van der Waals surface area contributed by atoms with Gasteiger partial charge < -0.3 is 5.32 Å². The van der Waals surface area contributed by atoms with Gasteiger partial charge in [-0.15, -0.1) is 0 Å². The monoisotopic (exact) mass is 204 g/mol. The minimum atomic E-state index is 1.04. The van der Waals surface area contributed by atoms with Gasteiger partial charge in [0.2, 0.25) is 0 Å². The van der Waals surface area contributed by atoms with Crippen LogP contribution in [0.25, 0.3) is 5.57 Å². The van der Waals surface area contributed by atoms with Gasteiger partial charge in [0.15, 0.2) is 0 Å². The highest BCUT2D eigenvalue weighted by Crippen LogP contribution is 2.16. The van der Waals surface area contributed by atoms with Crippen LogP contribution in [-0.2, 0) is 0 Å². The molecule has 15 heavy (non-hydrogen) atoms. The molecule has 0 aliphatic carbocycles. The average molecular weight is 204 g/mol. The maximum absolute atomic E-state index is 4.15. The third-order valence-corrected chi connectivity index (χ3v) is 2.49. The summed E-state index contributed by atoms with van der Waals surface area (Å²) in [5.74, 6) is 0. The van der Waals surface area contributed by atoms with Crippen molar-refractivity contribution in [1.29, 1.82) is 0 Å². The molecule has 0 aromatic carbocycles. The predicted octanol–water partition coefficient (Wildman–Crippen LogP) is 2.79. The second kappa shape index (κ2) is 6.36. The molecule has 1 aromatic heterocycles. The maximum atomic E-state index is 4.15. The molecule has 1 heterocycles. The summed E-state index contributed by atoms with van der Waals surface area (Å²) in [7, 11) is 0. The van der Waals surface area contributed by atoms with Gasteiger partial charge in [-0.2, -0.15) is 0 Å². The second-order valence-corrected chi connectivity index (χ2v) is 3.72. The zero-order valence-electron chi connectivity index (χ0n) is 9.88. The molecule has 2 heteroatoms. The van der Waals surface area contributed by atoms with E-state index >= 15 is 0 Å². The average Bonchev–Trinajstić information content (AvgIpc) is 2.25. The smallest absolute Gasteiger partial charge is 0.0345 e. The molecule has 0 unspecified atom stereocenters. The highest BCUT2D eigenvalue weighted by molar-refractivity contribution is 5.65. The molecule has 1 N–H and O–H groups in total. The summed E-state index contributed by atoms with van der Waals surface area (Å²) in [5.41, 5.74) is 3.87. The molecule has 0 amide bonds. The fourth-order valence-electron chi connectivity index (χ4n) is 1.55. The van der Waals surface area contributed by atoms with Crippen molar-refractivity contribution >= 4 is 5.57 Å². The van der Waals surface area contributed by atoms with Crippen LogP contribution in [0.5, 0.6) is 0 Å². The first-order valence-electron chi connectivity index (χ1n) is 5.54. The highest BCUT2D eigenvalue weighted by Gasteiger charge is 1.98. The Morgan fingerprint density at radius 3 is 3.00 bits per heavy atom. The van der Waals surface area contributed by atoms with E-state index in [0.717, 1.165) is 19.5 Å². The minimum Gasteiger partial charge on any atom is -0.317 e. The number of aromatic nitrogens is 1. The van der Waals surface area contributed by atoms with Gasteiger partial charge in [-0.3, -0.25) is 4.98 Å². The van der Waals surface area contributed by atoms with Crippen LogP contribution in [0.2, 0.25) is 0 Å². The molecule has 0 aliphatic heterocycles. The first kappa shape index (κ1) is 11.9. The molecular formula is C13H20N2. The Morgan fingerprint density at radius 2 is 2.33 bits per heavy atom. The van der Waals surface area contributed by atoms with Gasteiger partial charge in [0, 0.05) is 12.4 Å². The lowest BCUT2D eigenvalue weighted by molar-refractivity contribution is 0.727. The number of nitrogens with zero attached hydrogens (tertiary/aromatic N) is 1. The van der Waals surface area contributed by atoms with Crippen LogP contribution in [0.3, 0.4) is 0 Å². The Morgan fingerprint density at radius 1 is 1.53 bits per heavy atom. The minimum absolute atomic E-state index is 1.04. The molecule has 0 fully saturated rings. The topological polar surface area (TPSA) is 24.9 Å². The molecule has 0 aliphatic rings. The van der Waals surface area contributed by atoms with E-state index in [0.29, 0.717) is 0 Å². The van der Waals surface area contributed by atoms with Gasteiger partial charge in [0.05, 0.1) is 0 Å². The lowest BCUT2D eigenvalue weighted by Crippen LogP contribution is -2.13. The number of hydrogen-bond donors (Lipinski definition) is 1. The molecule has 0 atom stereocenters. The van der Waals surface area contributed by atoms with Crippen LogP contribution in [0.1, 0.15) is 31.4 Å². The summed E-state index contributed by atoms with van der Waals surface area (Å²) in [6, 6.07) is 2.05. The van der Waals surface area contributed by atoms with Crippen LogP contribution in [0.4, 0.5) is 0 Å². The Labute approximate surface area is 92.4 Å². The number of aryl methyl sites for hydroxylation is 1. The first-order chi connectivity index (χ1) is 7.25. The number of nitrogens with one attached hydrogen (secondary N) is 1. The van der Waals surface area contributed by atoms with Crippen LogP contribution in [-0.4, -0.2) is 18.1 Å². The van der Waals surface area contributed by atoms with Crippen LogP contribution < -0.4 is 5.32 Å². The van der Waals surface area contributed by atoms with E-state index in [9.17, 15) is 0 Å². The zero-order valence-corrected chi connectivity index (χ0v) is 9.88. The molecule has 0 radical (unpaired) electrons. The third kappa shape index (κ3) is 3.84. The number of hydrogen-bond acceptors (Lipinski definition) is 2. The fraction of sp³-hybridized carbons (Fsp3) is 0.462. The summed E-state index contributed by atoms with van der Waals surface area (Å²) in [4.78, 5) is 4.15. The lowest BCUT2D eigenvalue weighted by Gasteiger charge is -2.05. The van der Waals surface area contributed by atoms with Crippen molar-refractivity contribution in [2.45, 2.75) is 27.2 Å². The molecule has 0 spiro atoms. The first-order valence-corrected chi connectivity index (χ1v) is 5.54. The van der Waals surface area contributed by atoms with E-state index < -0.39 is 0 Å². The van der Waals surface area contributed by atoms with E-state index in [2.05, 4.69) is 43.2 Å². The van der Waals surface area contributed by atoms with Gasteiger partial charge in [-0.25, -0.2) is 0 Å². The highest BCUT2D eigenvalue weighted by atomic mass is 14.8. The van der Waals surface area contributed by atoms with Gasteiger partial charge in [0.1, 0.15) is 0 Å². The number of allylic oxidation sites excluding steroid dienone is 1. The summed E-state index contributed by atoms with van der Waals surface area (Å²) >= 11 is 0. The van der Waals surface area contributed by atoms with Gasteiger partial charge in [0.25, 0.3) is 0 Å². The molecule has 82 valence electrons. The van der Waals surface area contributed by atoms with E-state index in [4.69, 9.17) is 0 Å². The summed E-state index contributed by atoms with van der Waals surface area (Å²) < 4.78 is 0. The van der Waals surface area contributed by atoms with E-state index in [1.165, 1.54) is 16.7 Å². The van der Waals surface area contributed by atoms with E-state index in [-0.39, 0.29) is 0 Å². The zero-order chi connectivity index (χ0) is 11.1. The molecule has 2 nitrogen and oxygen atoms in total. The van der Waals surface area contributed by atoms with Gasteiger partial charge >= 0.3 is 0 Å². The van der Waals surface area contributed by atoms with Crippen LogP contribution >= 0.6 is 0 Å². The Balaban J connectivity index is 2.60. The third-order valence-electron chi connectivity index (χ3n) is 2.49. The largest absolute Gasteiger partial charge is 0.317 e. The van der Waals surface area contributed by atoms with Crippen molar-refractivity contribution in [3.63, 3.8) is 0 Å². The molecule has 1 aromatic rings. The Hall–Kier alpha value is -1.15. The van der Waals surface area contributed by atoms with Crippen molar-refractivity contribution in [3.8, 4) is 0 Å². The molecule has 0 bridgehead atoms. The van der Waals surface area contributed by atoms with Crippen molar-refractivity contribution in [1.82, 2.24) is 10.3 Å². The van der Waals surface area contributed by atoms with Crippen molar-refractivity contribution in [2.24, 2.45) is 0 Å². The van der Waals surface area contributed by atoms with Gasteiger partial charge in [-0.1, -0.05) is 13.0 Å². The summed E-state index contributed by atoms with van der Waals surface area (Å²) in [6.07, 6.45) is 7.12. The summed E-state index contributed by atoms with van der Waals surface area (Å²) in [6.45, 7) is 8.49. The van der Waals surface area contributed by atoms with E-state index in [1.807, 2.05) is 12.4 Å². The number of rotatable bonds is 5. The number of pyridine rings is 1. The summed E-state index contributed by atoms with van der Waals surface area (Å²) in [5, 5.41) is 3.31.